The highest BCUT2D eigenvalue weighted by Gasteiger charge is 2.20. The van der Waals surface area contributed by atoms with Crippen LogP contribution < -0.4 is 0 Å². The lowest BCUT2D eigenvalue weighted by Gasteiger charge is -2.15. The maximum Gasteiger partial charge on any atom is 0.280 e. The van der Waals surface area contributed by atoms with Crippen molar-refractivity contribution in [3.8, 4) is 0 Å². The first-order chi connectivity index (χ1) is 7.68. The monoisotopic (exact) mass is 226 g/mol. The second kappa shape index (κ2) is 4.55. The molecule has 1 amide bonds. The molecule has 86 valence electrons. The zero-order valence-corrected chi connectivity index (χ0v) is 8.70. The van der Waals surface area contributed by atoms with E-state index in [-0.39, 0.29) is 11.6 Å². The quantitative estimate of drug-likeness (QED) is 0.774. The first kappa shape index (κ1) is 11.0. The lowest BCUT2D eigenvalue weighted by Crippen LogP contribution is -2.27. The van der Waals surface area contributed by atoms with Crippen molar-refractivity contribution in [1.29, 1.82) is 0 Å². The number of alkyl halides is 2. The molecule has 0 spiro atoms. The van der Waals surface area contributed by atoms with Gasteiger partial charge in [0.1, 0.15) is 5.69 Å². The van der Waals surface area contributed by atoms with Gasteiger partial charge in [0, 0.05) is 24.8 Å². The minimum Gasteiger partial charge on any atom is -0.339 e. The molecule has 0 bridgehead atoms. The van der Waals surface area contributed by atoms with Crippen LogP contribution in [0.25, 0.3) is 0 Å². The molecule has 0 unspecified atom stereocenters. The van der Waals surface area contributed by atoms with E-state index in [9.17, 15) is 13.6 Å². The molecule has 0 N–H and O–H groups in total. The molecule has 5 heteroatoms. The number of hydrogen-bond acceptors (Lipinski definition) is 2. The Morgan fingerprint density at radius 1 is 1.38 bits per heavy atom. The number of rotatable bonds is 2. The molecule has 1 aliphatic rings. The summed E-state index contributed by atoms with van der Waals surface area (Å²) in [7, 11) is 0. The predicted molar refractivity (Wildman–Crippen MR) is 54.3 cm³/mol. The summed E-state index contributed by atoms with van der Waals surface area (Å²) >= 11 is 0. The molecule has 0 saturated carbocycles. The van der Waals surface area contributed by atoms with E-state index in [4.69, 9.17) is 0 Å². The number of hydrogen-bond donors (Lipinski definition) is 0. The Hall–Kier alpha value is -1.52. The summed E-state index contributed by atoms with van der Waals surface area (Å²) in [5.74, 6) is -0.179. The van der Waals surface area contributed by atoms with E-state index in [1.165, 1.54) is 18.3 Å². The molecule has 1 fully saturated rings. The number of carbonyl (C=O) groups excluding carboxylic acids is 1. The zero-order valence-electron chi connectivity index (χ0n) is 8.70. The first-order valence-electron chi connectivity index (χ1n) is 5.22. The average Bonchev–Trinajstić information content (AvgIpc) is 2.81. The minimum atomic E-state index is -2.63. The largest absolute Gasteiger partial charge is 0.339 e. The van der Waals surface area contributed by atoms with Crippen molar-refractivity contribution in [2.24, 2.45) is 0 Å². The van der Waals surface area contributed by atoms with Gasteiger partial charge in [-0.1, -0.05) is 0 Å². The molecule has 1 saturated heterocycles. The average molecular weight is 226 g/mol. The summed E-state index contributed by atoms with van der Waals surface area (Å²) in [6.45, 7) is 1.43. The van der Waals surface area contributed by atoms with Gasteiger partial charge < -0.3 is 4.90 Å². The van der Waals surface area contributed by atoms with Gasteiger partial charge in [0.15, 0.2) is 0 Å². The summed E-state index contributed by atoms with van der Waals surface area (Å²) in [6, 6.07) is 2.65. The van der Waals surface area contributed by atoms with Gasteiger partial charge in [0.25, 0.3) is 12.3 Å². The van der Waals surface area contributed by atoms with Crippen molar-refractivity contribution in [2.75, 3.05) is 13.1 Å². The Labute approximate surface area is 92.1 Å². The van der Waals surface area contributed by atoms with Gasteiger partial charge in [-0.25, -0.2) is 8.78 Å². The third kappa shape index (κ3) is 2.18. The molecular formula is C11H12F2N2O. The predicted octanol–water partition coefficient (Wildman–Crippen LogP) is 2.26. The van der Waals surface area contributed by atoms with Crippen LogP contribution in [0, 0.1) is 0 Å². The Morgan fingerprint density at radius 2 is 2.06 bits per heavy atom. The van der Waals surface area contributed by atoms with Gasteiger partial charge in [0.2, 0.25) is 0 Å². The highest BCUT2D eigenvalue weighted by molar-refractivity contribution is 5.94. The SMILES string of the molecule is O=C(c1ccnc(C(F)F)c1)N1CCCC1. The third-order valence-corrected chi connectivity index (χ3v) is 2.64. The summed E-state index contributed by atoms with van der Waals surface area (Å²) in [5, 5.41) is 0. The number of aromatic nitrogens is 1. The van der Waals surface area contributed by atoms with Gasteiger partial charge in [-0.2, -0.15) is 0 Å². The fourth-order valence-electron chi connectivity index (χ4n) is 1.80. The molecule has 1 aromatic rings. The fraction of sp³-hybridized carbons (Fsp3) is 0.455. The maximum absolute atomic E-state index is 12.4. The summed E-state index contributed by atoms with van der Waals surface area (Å²) < 4.78 is 24.8. The van der Waals surface area contributed by atoms with Crippen LogP contribution in [0.3, 0.4) is 0 Å². The van der Waals surface area contributed by atoms with Crippen molar-refractivity contribution in [3.05, 3.63) is 29.6 Å². The van der Waals surface area contributed by atoms with Crippen molar-refractivity contribution in [2.45, 2.75) is 19.3 Å². The molecule has 2 rings (SSSR count). The van der Waals surface area contributed by atoms with Crippen LogP contribution in [0.2, 0.25) is 0 Å². The third-order valence-electron chi connectivity index (χ3n) is 2.64. The highest BCUT2D eigenvalue weighted by atomic mass is 19.3. The summed E-state index contributed by atoms with van der Waals surface area (Å²) in [6.07, 6.45) is 0.591. The Balaban J connectivity index is 2.19. The second-order valence-corrected chi connectivity index (χ2v) is 3.77. The standard InChI is InChI=1S/C11H12F2N2O/c12-10(13)9-7-8(3-4-14-9)11(16)15-5-1-2-6-15/h3-4,7,10H,1-2,5-6H2. The molecule has 0 aromatic carbocycles. The van der Waals surface area contributed by atoms with Gasteiger partial charge in [-0.05, 0) is 25.0 Å². The van der Waals surface area contributed by atoms with Crippen molar-refractivity contribution < 1.29 is 13.6 Å². The van der Waals surface area contributed by atoms with Crippen LogP contribution in [-0.4, -0.2) is 28.9 Å². The maximum atomic E-state index is 12.4. The number of amides is 1. The van der Waals surface area contributed by atoms with E-state index in [0.29, 0.717) is 18.7 Å². The van der Waals surface area contributed by atoms with E-state index in [1.807, 2.05) is 0 Å². The normalized spacial score (nSPS) is 15.8. The lowest BCUT2D eigenvalue weighted by molar-refractivity contribution is 0.0792. The molecule has 2 heterocycles. The van der Waals surface area contributed by atoms with Crippen molar-refractivity contribution >= 4 is 5.91 Å². The molecular weight excluding hydrogens is 214 g/mol. The number of halogens is 2. The molecule has 1 aromatic heterocycles. The van der Waals surface area contributed by atoms with Crippen LogP contribution >= 0.6 is 0 Å². The lowest BCUT2D eigenvalue weighted by atomic mass is 10.2. The van der Waals surface area contributed by atoms with Crippen LogP contribution in [0.1, 0.15) is 35.3 Å². The van der Waals surface area contributed by atoms with E-state index >= 15 is 0 Å². The molecule has 3 nitrogen and oxygen atoms in total. The number of nitrogens with zero attached hydrogens (tertiary/aromatic N) is 2. The van der Waals surface area contributed by atoms with Gasteiger partial charge >= 0.3 is 0 Å². The first-order valence-corrected chi connectivity index (χ1v) is 5.22. The fourth-order valence-corrected chi connectivity index (χ4v) is 1.80. The van der Waals surface area contributed by atoms with Gasteiger partial charge in [-0.3, -0.25) is 9.78 Å². The highest BCUT2D eigenvalue weighted by Crippen LogP contribution is 2.19. The molecule has 0 aliphatic carbocycles. The van der Waals surface area contributed by atoms with E-state index in [2.05, 4.69) is 4.98 Å². The minimum absolute atomic E-state index is 0.179. The Morgan fingerprint density at radius 3 is 2.69 bits per heavy atom. The Bertz CT molecular complexity index is 389. The molecule has 1 aliphatic heterocycles. The van der Waals surface area contributed by atoms with Gasteiger partial charge in [-0.15, -0.1) is 0 Å². The smallest absolute Gasteiger partial charge is 0.280 e. The van der Waals surface area contributed by atoms with Crippen LogP contribution in [0.4, 0.5) is 8.78 Å². The number of carbonyl (C=O) groups is 1. The van der Waals surface area contributed by atoms with E-state index < -0.39 is 6.43 Å². The van der Waals surface area contributed by atoms with Crippen LogP contribution in [0.5, 0.6) is 0 Å². The summed E-state index contributed by atoms with van der Waals surface area (Å²) in [5.41, 5.74) is -0.0442. The van der Waals surface area contributed by atoms with Gasteiger partial charge in [0.05, 0.1) is 0 Å². The van der Waals surface area contributed by atoms with Crippen molar-refractivity contribution in [1.82, 2.24) is 9.88 Å². The van der Waals surface area contributed by atoms with Crippen LogP contribution in [-0.2, 0) is 0 Å². The van der Waals surface area contributed by atoms with E-state index in [0.717, 1.165) is 12.8 Å². The number of pyridine rings is 1. The summed E-state index contributed by atoms with van der Waals surface area (Å²) in [4.78, 5) is 17.1. The molecule has 0 atom stereocenters. The second-order valence-electron chi connectivity index (χ2n) is 3.77. The van der Waals surface area contributed by atoms with E-state index in [1.54, 1.807) is 4.90 Å². The number of likely N-dealkylation sites (tertiary alicyclic amines) is 1. The van der Waals surface area contributed by atoms with Crippen molar-refractivity contribution in [3.63, 3.8) is 0 Å². The Kier molecular flexibility index (Phi) is 3.12. The zero-order chi connectivity index (χ0) is 11.5. The molecule has 16 heavy (non-hydrogen) atoms. The van der Waals surface area contributed by atoms with Crippen LogP contribution in [0.15, 0.2) is 18.3 Å². The topological polar surface area (TPSA) is 33.2 Å². The molecule has 0 radical (unpaired) electrons.